The molecule has 0 amide bonds. The summed E-state index contributed by atoms with van der Waals surface area (Å²) in [6.45, 7) is 0.225. The quantitative estimate of drug-likeness (QED) is 0.407. The van der Waals surface area contributed by atoms with Crippen molar-refractivity contribution in [3.05, 3.63) is 0 Å². The molecule has 0 radical (unpaired) electrons. The first-order valence-electron chi connectivity index (χ1n) is 3.35. The molecule has 5 N–H and O–H groups in total. The summed E-state index contributed by atoms with van der Waals surface area (Å²) in [5.41, 5.74) is 5.15. The Morgan fingerprint density at radius 3 is 2.67 bits per heavy atom. The molecule has 12 heavy (non-hydrogen) atoms. The number of carbonyl (C=O) groups is 1. The first-order valence-corrected chi connectivity index (χ1v) is 4.79. The third kappa shape index (κ3) is 5.15. The average molecular weight is 195 g/mol. The zero-order valence-electron chi connectivity index (χ0n) is 6.43. The fraction of sp³-hybridized carbons (Fsp3) is 0.800. The predicted molar refractivity (Wildman–Crippen MR) is 42.9 cm³/mol. The Morgan fingerprint density at radius 2 is 2.25 bits per heavy atom. The molecule has 0 rings (SSSR count). The van der Waals surface area contributed by atoms with E-state index in [2.05, 4.69) is 5.09 Å². The van der Waals surface area contributed by atoms with Crippen LogP contribution < -0.4 is 10.8 Å². The van der Waals surface area contributed by atoms with Gasteiger partial charge in [-0.2, -0.15) is 0 Å². The summed E-state index contributed by atoms with van der Waals surface area (Å²) in [5.74, 6) is -1.09. The lowest BCUT2D eigenvalue weighted by atomic mass is 10.2. The van der Waals surface area contributed by atoms with Gasteiger partial charge in [0.25, 0.3) is 6.35 Å². The van der Waals surface area contributed by atoms with Crippen LogP contribution in [0.4, 0.5) is 0 Å². The van der Waals surface area contributed by atoms with Gasteiger partial charge in [0.15, 0.2) is 0 Å². The van der Waals surface area contributed by atoms with Crippen LogP contribution in [0.5, 0.6) is 0 Å². The topological polar surface area (TPSA) is 113 Å². The SMILES string of the molecule is NC(CCN[P+](=O)CO)C(=O)O. The number of aliphatic hydroxyl groups excluding tert-OH is 1. The summed E-state index contributed by atoms with van der Waals surface area (Å²) in [5, 5.41) is 19.1. The minimum absolute atomic E-state index is 0.191. The number of aliphatic carboxylic acids is 1. The van der Waals surface area contributed by atoms with Crippen LogP contribution >= 0.6 is 7.95 Å². The highest BCUT2D eigenvalue weighted by Gasteiger charge is 2.15. The van der Waals surface area contributed by atoms with E-state index in [1.54, 1.807) is 0 Å². The number of nitrogens with two attached hydrogens (primary N) is 1. The molecular formula is C5H12N2O4P+. The van der Waals surface area contributed by atoms with Crippen molar-refractivity contribution in [2.75, 3.05) is 12.9 Å². The third-order valence-corrected chi connectivity index (χ3v) is 2.02. The first kappa shape index (κ1) is 11.4. The molecule has 0 fully saturated rings. The Kier molecular flexibility index (Phi) is 5.74. The highest BCUT2D eigenvalue weighted by molar-refractivity contribution is 7.42. The van der Waals surface area contributed by atoms with Crippen molar-refractivity contribution >= 4 is 13.9 Å². The number of carboxylic acids is 1. The molecule has 0 aliphatic heterocycles. The van der Waals surface area contributed by atoms with Gasteiger partial charge < -0.3 is 15.9 Å². The maximum absolute atomic E-state index is 10.6. The van der Waals surface area contributed by atoms with Crippen molar-refractivity contribution in [3.8, 4) is 0 Å². The molecule has 2 atom stereocenters. The lowest BCUT2D eigenvalue weighted by Gasteiger charge is -2.01. The standard InChI is InChI=1S/C5H11N2O4P/c6-4(5(9)10)1-2-7-12(11)3-8/h4,8H,1-3,6H2,(H-,7,9,10,11)/p+1. The molecule has 6 nitrogen and oxygen atoms in total. The molecule has 0 saturated carbocycles. The van der Waals surface area contributed by atoms with Crippen LogP contribution in [0.1, 0.15) is 6.42 Å². The highest BCUT2D eigenvalue weighted by atomic mass is 31.1. The summed E-state index contributed by atoms with van der Waals surface area (Å²) in [7, 11) is -1.82. The van der Waals surface area contributed by atoms with Gasteiger partial charge >= 0.3 is 13.9 Å². The summed E-state index contributed by atoms with van der Waals surface area (Å²) < 4.78 is 10.6. The molecule has 0 heterocycles. The van der Waals surface area contributed by atoms with E-state index < -0.39 is 26.3 Å². The summed E-state index contributed by atoms with van der Waals surface area (Å²) in [4.78, 5) is 10.2. The Morgan fingerprint density at radius 1 is 1.67 bits per heavy atom. The van der Waals surface area contributed by atoms with Crippen LogP contribution in [0.15, 0.2) is 0 Å². The lowest BCUT2D eigenvalue weighted by molar-refractivity contribution is -0.138. The van der Waals surface area contributed by atoms with Crippen molar-refractivity contribution in [3.63, 3.8) is 0 Å². The second-order valence-electron chi connectivity index (χ2n) is 2.16. The molecule has 0 aromatic rings. The molecular weight excluding hydrogens is 183 g/mol. The van der Waals surface area contributed by atoms with Gasteiger partial charge in [-0.25, -0.2) is 0 Å². The maximum atomic E-state index is 10.6. The molecule has 7 heteroatoms. The molecule has 0 aliphatic rings. The normalized spacial score (nSPS) is 14.0. The molecule has 0 bridgehead atoms. The van der Waals surface area contributed by atoms with Gasteiger partial charge in [-0.15, -0.1) is 5.09 Å². The molecule has 0 aromatic carbocycles. The van der Waals surface area contributed by atoms with E-state index in [4.69, 9.17) is 15.9 Å². The Hall–Kier alpha value is -0.550. The zero-order valence-corrected chi connectivity index (χ0v) is 7.33. The van der Waals surface area contributed by atoms with Crippen molar-refractivity contribution in [2.45, 2.75) is 12.5 Å². The van der Waals surface area contributed by atoms with Crippen molar-refractivity contribution < 1.29 is 19.6 Å². The number of hydrogen-bond donors (Lipinski definition) is 4. The molecule has 0 aliphatic carbocycles. The van der Waals surface area contributed by atoms with Crippen LogP contribution in [-0.4, -0.2) is 35.1 Å². The van der Waals surface area contributed by atoms with E-state index >= 15 is 0 Å². The van der Waals surface area contributed by atoms with E-state index in [0.29, 0.717) is 0 Å². The van der Waals surface area contributed by atoms with Crippen molar-refractivity contribution in [1.29, 1.82) is 0 Å². The first-order chi connectivity index (χ1) is 5.57. The van der Waals surface area contributed by atoms with Gasteiger partial charge in [0.05, 0.1) is 0 Å². The third-order valence-electron chi connectivity index (χ3n) is 1.19. The molecule has 70 valence electrons. The van der Waals surface area contributed by atoms with Gasteiger partial charge in [-0.3, -0.25) is 4.79 Å². The maximum Gasteiger partial charge on any atom is 0.460 e. The van der Waals surface area contributed by atoms with Crippen LogP contribution in [0.25, 0.3) is 0 Å². The Balaban J connectivity index is 3.43. The molecule has 0 aromatic heterocycles. The minimum atomic E-state index is -1.82. The Labute approximate surface area is 70.6 Å². The number of aliphatic hydroxyl groups is 1. The van der Waals surface area contributed by atoms with Crippen molar-refractivity contribution in [1.82, 2.24) is 5.09 Å². The smallest absolute Gasteiger partial charge is 0.460 e. The lowest BCUT2D eigenvalue weighted by Crippen LogP contribution is -2.32. The van der Waals surface area contributed by atoms with Gasteiger partial charge in [-0.05, 0) is 11.0 Å². The molecule has 0 saturated heterocycles. The van der Waals surface area contributed by atoms with E-state index in [1.165, 1.54) is 0 Å². The van der Waals surface area contributed by atoms with Crippen LogP contribution in [0, 0.1) is 0 Å². The number of nitrogens with one attached hydrogen (secondary N) is 1. The average Bonchev–Trinajstić information content (AvgIpc) is 2.03. The van der Waals surface area contributed by atoms with E-state index in [0.717, 1.165) is 0 Å². The van der Waals surface area contributed by atoms with E-state index in [9.17, 15) is 9.36 Å². The van der Waals surface area contributed by atoms with Gasteiger partial charge in [-0.1, -0.05) is 0 Å². The fourth-order valence-electron chi connectivity index (χ4n) is 0.518. The number of carboxylic acid groups (broad SMARTS) is 1. The highest BCUT2D eigenvalue weighted by Crippen LogP contribution is 2.10. The summed E-state index contributed by atoms with van der Waals surface area (Å²) in [6, 6.07) is -0.945. The van der Waals surface area contributed by atoms with Gasteiger partial charge in [0.1, 0.15) is 6.04 Å². The van der Waals surface area contributed by atoms with Crippen molar-refractivity contribution in [2.24, 2.45) is 5.73 Å². The van der Waals surface area contributed by atoms with Gasteiger partial charge in [0, 0.05) is 6.54 Å². The largest absolute Gasteiger partial charge is 0.480 e. The van der Waals surface area contributed by atoms with E-state index in [1.807, 2.05) is 0 Å². The number of rotatable bonds is 6. The van der Waals surface area contributed by atoms with Crippen LogP contribution in [0.3, 0.4) is 0 Å². The fourth-order valence-corrected chi connectivity index (χ4v) is 0.997. The molecule has 2 unspecified atom stereocenters. The summed E-state index contributed by atoms with van der Waals surface area (Å²) >= 11 is 0. The number of hydrogen-bond acceptors (Lipinski definition) is 4. The minimum Gasteiger partial charge on any atom is -0.480 e. The second kappa shape index (κ2) is 6.02. The van der Waals surface area contributed by atoms with Crippen LogP contribution in [0.2, 0.25) is 0 Å². The van der Waals surface area contributed by atoms with Crippen LogP contribution in [-0.2, 0) is 9.36 Å². The predicted octanol–water partition coefficient (Wildman–Crippen LogP) is -0.930. The summed E-state index contributed by atoms with van der Waals surface area (Å²) in [6.07, 6.45) is -0.256. The second-order valence-corrected chi connectivity index (χ2v) is 3.52. The monoisotopic (exact) mass is 195 g/mol. The van der Waals surface area contributed by atoms with E-state index in [-0.39, 0.29) is 13.0 Å². The van der Waals surface area contributed by atoms with Gasteiger partial charge in [0.2, 0.25) is 0 Å². The Bertz CT molecular complexity index is 175. The zero-order chi connectivity index (χ0) is 9.56. The molecule has 0 spiro atoms.